The van der Waals surface area contributed by atoms with E-state index in [1.807, 2.05) is 36.6 Å². The Morgan fingerprint density at radius 1 is 1.19 bits per heavy atom. The molecule has 0 bridgehead atoms. The van der Waals surface area contributed by atoms with Crippen LogP contribution in [0.3, 0.4) is 0 Å². The lowest BCUT2D eigenvalue weighted by molar-refractivity contribution is 0.629. The third kappa shape index (κ3) is 2.47. The fraction of sp³-hybridized carbons (Fsp3) is 0.176. The van der Waals surface area contributed by atoms with Gasteiger partial charge in [0.25, 0.3) is 0 Å². The summed E-state index contributed by atoms with van der Waals surface area (Å²) in [5.41, 5.74) is 2.86. The van der Waals surface area contributed by atoms with Gasteiger partial charge in [-0.2, -0.15) is 0 Å². The van der Waals surface area contributed by atoms with E-state index in [4.69, 9.17) is 12.2 Å². The van der Waals surface area contributed by atoms with Crippen LogP contribution in [0.25, 0.3) is 16.6 Å². The average Bonchev–Trinajstić information content (AvgIpc) is 2.47. The monoisotopic (exact) mass is 298 g/mol. The topological polar surface area (TPSA) is 17.8 Å². The molecule has 0 fully saturated rings. The van der Waals surface area contributed by atoms with Crippen molar-refractivity contribution in [1.29, 1.82) is 0 Å². The molecule has 106 valence electrons. The Kier molecular flexibility index (Phi) is 3.55. The fourth-order valence-electron chi connectivity index (χ4n) is 2.47. The number of aromatic nitrogens is 2. The number of hydrogen-bond acceptors (Lipinski definition) is 2. The lowest BCUT2D eigenvalue weighted by Gasteiger charge is -2.14. The van der Waals surface area contributed by atoms with Crippen molar-refractivity contribution in [2.24, 2.45) is 0 Å². The van der Waals surface area contributed by atoms with Gasteiger partial charge >= 0.3 is 0 Å². The first-order valence-electron chi connectivity index (χ1n) is 6.88. The van der Waals surface area contributed by atoms with Gasteiger partial charge in [0.15, 0.2) is 0 Å². The molecule has 21 heavy (non-hydrogen) atoms. The first-order chi connectivity index (χ1) is 10.1. The molecule has 1 heterocycles. The quantitative estimate of drug-likeness (QED) is 0.634. The second-order valence-electron chi connectivity index (χ2n) is 5.02. The molecule has 0 spiro atoms. The van der Waals surface area contributed by atoms with Crippen LogP contribution in [0.5, 0.6) is 0 Å². The highest BCUT2D eigenvalue weighted by Crippen LogP contribution is 2.21. The minimum absolute atomic E-state index is 0.296. The van der Waals surface area contributed by atoms with Gasteiger partial charge in [0.05, 0.1) is 5.52 Å². The smallest absolute Gasteiger partial charge is 0.124 e. The van der Waals surface area contributed by atoms with Crippen LogP contribution < -0.4 is 0 Å². The van der Waals surface area contributed by atoms with E-state index in [9.17, 15) is 4.39 Å². The zero-order valence-corrected chi connectivity index (χ0v) is 12.7. The van der Waals surface area contributed by atoms with Crippen LogP contribution in [-0.4, -0.2) is 9.55 Å². The Hall–Kier alpha value is -2.07. The van der Waals surface area contributed by atoms with Crippen molar-refractivity contribution < 1.29 is 4.39 Å². The van der Waals surface area contributed by atoms with Gasteiger partial charge in [0.1, 0.15) is 16.3 Å². The molecule has 0 radical (unpaired) electrons. The predicted octanol–water partition coefficient (Wildman–Crippen LogP) is 4.76. The lowest BCUT2D eigenvalue weighted by atomic mass is 10.2. The molecule has 3 aromatic rings. The largest absolute Gasteiger partial charge is 0.288 e. The Bertz CT molecular complexity index is 884. The number of halogens is 1. The van der Waals surface area contributed by atoms with Crippen LogP contribution in [0.1, 0.15) is 18.3 Å². The number of fused-ring (bicyclic) bond motifs is 1. The molecule has 2 aromatic carbocycles. The Morgan fingerprint density at radius 2 is 2.00 bits per heavy atom. The van der Waals surface area contributed by atoms with Gasteiger partial charge in [0.2, 0.25) is 0 Å². The average molecular weight is 298 g/mol. The maximum Gasteiger partial charge on any atom is 0.124 e. The molecule has 2 nitrogen and oxygen atoms in total. The van der Waals surface area contributed by atoms with Gasteiger partial charge in [-0.1, -0.05) is 31.3 Å². The van der Waals surface area contributed by atoms with Gasteiger partial charge in [-0.25, -0.2) is 9.37 Å². The van der Waals surface area contributed by atoms with E-state index in [0.717, 1.165) is 29.0 Å². The maximum atomic E-state index is 13.5. The van der Waals surface area contributed by atoms with Crippen molar-refractivity contribution in [3.8, 4) is 5.69 Å². The van der Waals surface area contributed by atoms with Gasteiger partial charge in [-0.05, 0) is 42.8 Å². The van der Waals surface area contributed by atoms with Crippen LogP contribution >= 0.6 is 12.2 Å². The summed E-state index contributed by atoms with van der Waals surface area (Å²) >= 11 is 5.59. The summed E-state index contributed by atoms with van der Waals surface area (Å²) in [6.45, 7) is 4.08. The Labute approximate surface area is 127 Å². The molecule has 1 aromatic heterocycles. The summed E-state index contributed by atoms with van der Waals surface area (Å²) in [5, 5.41) is 0.670. The van der Waals surface area contributed by atoms with Crippen LogP contribution in [0, 0.1) is 17.4 Å². The predicted molar refractivity (Wildman–Crippen MR) is 86.0 cm³/mol. The van der Waals surface area contributed by atoms with E-state index in [-0.39, 0.29) is 5.82 Å². The summed E-state index contributed by atoms with van der Waals surface area (Å²) in [6, 6.07) is 12.6. The molecular weight excluding hydrogens is 283 g/mol. The minimum Gasteiger partial charge on any atom is -0.288 e. The molecule has 0 N–H and O–H groups in total. The normalized spacial score (nSPS) is 11.0. The number of rotatable bonds is 2. The first kappa shape index (κ1) is 13.9. The molecule has 0 saturated heterocycles. The summed E-state index contributed by atoms with van der Waals surface area (Å²) in [5.74, 6) is 0.583. The highest BCUT2D eigenvalue weighted by Gasteiger charge is 2.10. The van der Waals surface area contributed by atoms with Crippen molar-refractivity contribution in [1.82, 2.24) is 9.55 Å². The third-order valence-electron chi connectivity index (χ3n) is 3.48. The Morgan fingerprint density at radius 3 is 2.71 bits per heavy atom. The summed E-state index contributed by atoms with van der Waals surface area (Å²) in [4.78, 5) is 4.63. The van der Waals surface area contributed by atoms with Crippen molar-refractivity contribution in [3.05, 3.63) is 64.3 Å². The molecule has 4 heteroatoms. The molecule has 0 unspecified atom stereocenters. The van der Waals surface area contributed by atoms with E-state index in [1.165, 1.54) is 12.1 Å². The molecule has 0 aliphatic rings. The van der Waals surface area contributed by atoms with Crippen molar-refractivity contribution >= 4 is 23.1 Å². The van der Waals surface area contributed by atoms with E-state index >= 15 is 0 Å². The standard InChI is InChI=1S/C17H15FN2S/c1-3-16-19-15-8-7-12(18)10-14(15)17(21)20(16)13-6-4-5-11(2)9-13/h4-10H,3H2,1-2H3. The molecule has 0 aliphatic carbocycles. The van der Waals surface area contributed by atoms with E-state index < -0.39 is 0 Å². The van der Waals surface area contributed by atoms with Crippen molar-refractivity contribution in [2.75, 3.05) is 0 Å². The first-order valence-corrected chi connectivity index (χ1v) is 7.29. The number of nitrogens with zero attached hydrogens (tertiary/aromatic N) is 2. The molecule has 0 amide bonds. The number of benzene rings is 2. The summed E-state index contributed by atoms with van der Waals surface area (Å²) < 4.78 is 16.0. The number of hydrogen-bond donors (Lipinski definition) is 0. The van der Waals surface area contributed by atoms with Gasteiger partial charge < -0.3 is 0 Å². The van der Waals surface area contributed by atoms with E-state index in [2.05, 4.69) is 11.1 Å². The van der Waals surface area contributed by atoms with Gasteiger partial charge in [-0.15, -0.1) is 0 Å². The lowest BCUT2D eigenvalue weighted by Crippen LogP contribution is -2.08. The van der Waals surface area contributed by atoms with Crippen LogP contribution in [-0.2, 0) is 6.42 Å². The van der Waals surface area contributed by atoms with E-state index in [0.29, 0.717) is 10.0 Å². The molecule has 3 rings (SSSR count). The highest BCUT2D eigenvalue weighted by atomic mass is 32.1. The van der Waals surface area contributed by atoms with E-state index in [1.54, 1.807) is 6.07 Å². The van der Waals surface area contributed by atoms with Crippen molar-refractivity contribution in [3.63, 3.8) is 0 Å². The SMILES string of the molecule is CCc1nc2ccc(F)cc2c(=S)n1-c1cccc(C)c1. The second kappa shape index (κ2) is 5.37. The number of aryl methyl sites for hydroxylation is 2. The van der Waals surface area contributed by atoms with Gasteiger partial charge in [-0.3, -0.25) is 4.57 Å². The summed E-state index contributed by atoms with van der Waals surface area (Å²) in [7, 11) is 0. The Balaban J connectivity index is 2.40. The molecule has 0 saturated carbocycles. The minimum atomic E-state index is -0.296. The summed E-state index contributed by atoms with van der Waals surface area (Å²) in [6.07, 6.45) is 0.755. The van der Waals surface area contributed by atoms with Crippen LogP contribution in [0.15, 0.2) is 42.5 Å². The fourth-order valence-corrected chi connectivity index (χ4v) is 2.85. The molecule has 0 aliphatic heterocycles. The zero-order valence-electron chi connectivity index (χ0n) is 11.9. The molecule has 0 atom stereocenters. The second-order valence-corrected chi connectivity index (χ2v) is 5.41. The maximum absolute atomic E-state index is 13.5. The highest BCUT2D eigenvalue weighted by molar-refractivity contribution is 7.71. The van der Waals surface area contributed by atoms with Crippen LogP contribution in [0.2, 0.25) is 0 Å². The van der Waals surface area contributed by atoms with Crippen molar-refractivity contribution in [2.45, 2.75) is 20.3 Å². The molecular formula is C17H15FN2S. The third-order valence-corrected chi connectivity index (χ3v) is 3.88. The zero-order chi connectivity index (χ0) is 15.0. The van der Waals surface area contributed by atoms with Gasteiger partial charge in [0, 0.05) is 17.5 Å². The van der Waals surface area contributed by atoms with Crippen LogP contribution in [0.4, 0.5) is 4.39 Å².